The fraction of sp³-hybridized carbons (Fsp3) is 0.529. The Morgan fingerprint density at radius 1 is 1.25 bits per heavy atom. The van der Waals surface area contributed by atoms with Crippen LogP contribution in [0.15, 0.2) is 24.4 Å². The maximum absolute atomic E-state index is 12.2. The van der Waals surface area contributed by atoms with Gasteiger partial charge in [-0.1, -0.05) is 6.07 Å². The monoisotopic (exact) mass is 332 g/mol. The minimum Gasteiger partial charge on any atom is -0.354 e. The first-order chi connectivity index (χ1) is 11.3. The van der Waals surface area contributed by atoms with Crippen LogP contribution in [-0.4, -0.2) is 52.8 Å². The maximum Gasteiger partial charge on any atom is 0.269 e. The Balaban J connectivity index is 1.72. The lowest BCUT2D eigenvalue weighted by atomic mass is 10.1. The van der Waals surface area contributed by atoms with Crippen molar-refractivity contribution in [1.29, 1.82) is 0 Å². The number of nitrogens with zero attached hydrogens (tertiary/aromatic N) is 2. The largest absolute Gasteiger partial charge is 0.354 e. The lowest BCUT2D eigenvalue weighted by molar-refractivity contribution is -0.132. The normalized spacial score (nSPS) is 17.7. The molecule has 0 bridgehead atoms. The lowest BCUT2D eigenvalue weighted by Gasteiger charge is -2.31. The van der Waals surface area contributed by atoms with Crippen molar-refractivity contribution >= 4 is 17.7 Å². The second-order valence-corrected chi connectivity index (χ2v) is 6.84. The molecule has 7 nitrogen and oxygen atoms in total. The summed E-state index contributed by atoms with van der Waals surface area (Å²) >= 11 is 0. The first-order valence-electron chi connectivity index (χ1n) is 8.06. The smallest absolute Gasteiger partial charge is 0.269 e. The number of carbonyl (C=O) groups excluding carboxylic acids is 3. The standard InChI is InChI=1S/C17H24N4O3/c1-17(2,3)21-11-12(10-14(21)22)15(23)19-8-9-20-16(24)13-6-4-5-7-18-13/h4-7,12H,8-11H2,1-3H3,(H,19,23)(H,20,24). The van der Waals surface area contributed by atoms with E-state index in [1.165, 1.54) is 0 Å². The van der Waals surface area contributed by atoms with Gasteiger partial charge in [0.15, 0.2) is 0 Å². The summed E-state index contributed by atoms with van der Waals surface area (Å²) in [7, 11) is 0. The molecule has 1 atom stereocenters. The summed E-state index contributed by atoms with van der Waals surface area (Å²) in [6.45, 7) is 6.94. The molecule has 1 aromatic rings. The molecule has 2 rings (SSSR count). The van der Waals surface area contributed by atoms with E-state index in [0.29, 0.717) is 25.3 Å². The van der Waals surface area contributed by atoms with E-state index >= 15 is 0 Å². The molecule has 1 saturated heterocycles. The number of nitrogens with one attached hydrogen (secondary N) is 2. The predicted molar refractivity (Wildman–Crippen MR) is 89.2 cm³/mol. The number of aromatic nitrogens is 1. The average molecular weight is 332 g/mol. The van der Waals surface area contributed by atoms with E-state index in [-0.39, 0.29) is 35.6 Å². The molecule has 1 aliphatic rings. The highest BCUT2D eigenvalue weighted by molar-refractivity contribution is 5.92. The van der Waals surface area contributed by atoms with Crippen LogP contribution in [0, 0.1) is 5.92 Å². The minimum atomic E-state index is -0.330. The lowest BCUT2D eigenvalue weighted by Crippen LogP contribution is -2.43. The first-order valence-corrected chi connectivity index (χ1v) is 8.06. The van der Waals surface area contributed by atoms with E-state index in [0.717, 1.165) is 0 Å². The van der Waals surface area contributed by atoms with Crippen molar-refractivity contribution in [2.24, 2.45) is 5.92 Å². The highest BCUT2D eigenvalue weighted by atomic mass is 16.2. The average Bonchev–Trinajstić information content (AvgIpc) is 2.94. The molecule has 0 aliphatic carbocycles. The number of likely N-dealkylation sites (tertiary alicyclic amines) is 1. The number of rotatable bonds is 5. The summed E-state index contributed by atoms with van der Waals surface area (Å²) in [5.74, 6) is -0.753. The molecule has 2 heterocycles. The molecule has 1 unspecified atom stereocenters. The molecule has 0 radical (unpaired) electrons. The van der Waals surface area contributed by atoms with Gasteiger partial charge < -0.3 is 15.5 Å². The Hall–Kier alpha value is -2.44. The van der Waals surface area contributed by atoms with E-state index in [2.05, 4.69) is 15.6 Å². The Morgan fingerprint density at radius 3 is 2.54 bits per heavy atom. The minimum absolute atomic E-state index is 0.00565. The van der Waals surface area contributed by atoms with Gasteiger partial charge in [-0.2, -0.15) is 0 Å². The van der Waals surface area contributed by atoms with E-state index in [9.17, 15) is 14.4 Å². The SMILES string of the molecule is CC(C)(C)N1CC(C(=O)NCCNC(=O)c2ccccn2)CC1=O. The molecule has 3 amide bonds. The van der Waals surface area contributed by atoms with Crippen molar-refractivity contribution in [2.75, 3.05) is 19.6 Å². The van der Waals surface area contributed by atoms with Gasteiger partial charge in [0.1, 0.15) is 5.69 Å². The highest BCUT2D eigenvalue weighted by Gasteiger charge is 2.39. The molecule has 7 heteroatoms. The van der Waals surface area contributed by atoms with Crippen molar-refractivity contribution < 1.29 is 14.4 Å². The van der Waals surface area contributed by atoms with Crippen LogP contribution in [-0.2, 0) is 9.59 Å². The summed E-state index contributed by atoms with van der Waals surface area (Å²) in [5, 5.41) is 5.46. The van der Waals surface area contributed by atoms with Crippen LogP contribution in [0.3, 0.4) is 0 Å². The summed E-state index contributed by atoms with van der Waals surface area (Å²) < 4.78 is 0. The zero-order chi connectivity index (χ0) is 17.7. The molecular weight excluding hydrogens is 308 g/mol. The van der Waals surface area contributed by atoms with E-state index in [1.807, 2.05) is 20.8 Å². The molecule has 1 aliphatic heterocycles. The third kappa shape index (κ3) is 4.53. The fourth-order valence-corrected chi connectivity index (χ4v) is 2.63. The Kier molecular flexibility index (Phi) is 5.54. The van der Waals surface area contributed by atoms with Gasteiger partial charge in [-0.15, -0.1) is 0 Å². The highest BCUT2D eigenvalue weighted by Crippen LogP contribution is 2.25. The van der Waals surface area contributed by atoms with Crippen LogP contribution in [0.2, 0.25) is 0 Å². The van der Waals surface area contributed by atoms with Gasteiger partial charge in [-0.05, 0) is 32.9 Å². The quantitative estimate of drug-likeness (QED) is 0.772. The summed E-state index contributed by atoms with van der Waals surface area (Å²) in [6, 6.07) is 5.10. The van der Waals surface area contributed by atoms with Gasteiger partial charge in [0.25, 0.3) is 5.91 Å². The summed E-state index contributed by atoms with van der Waals surface area (Å²) in [5.41, 5.74) is 0.0639. The van der Waals surface area contributed by atoms with Crippen molar-refractivity contribution in [3.63, 3.8) is 0 Å². The van der Waals surface area contributed by atoms with Gasteiger partial charge in [0.05, 0.1) is 5.92 Å². The van der Waals surface area contributed by atoms with Gasteiger partial charge in [-0.25, -0.2) is 0 Å². The Labute approximate surface area is 141 Å². The topological polar surface area (TPSA) is 91.4 Å². The molecular formula is C17H24N4O3. The maximum atomic E-state index is 12.2. The van der Waals surface area contributed by atoms with Crippen LogP contribution < -0.4 is 10.6 Å². The van der Waals surface area contributed by atoms with Gasteiger partial charge in [-0.3, -0.25) is 19.4 Å². The number of pyridine rings is 1. The number of carbonyl (C=O) groups is 3. The number of hydrogen-bond acceptors (Lipinski definition) is 4. The molecule has 24 heavy (non-hydrogen) atoms. The Morgan fingerprint density at radius 2 is 1.96 bits per heavy atom. The molecule has 1 aromatic heterocycles. The third-order valence-corrected chi connectivity index (χ3v) is 3.91. The van der Waals surface area contributed by atoms with Crippen molar-refractivity contribution in [2.45, 2.75) is 32.7 Å². The molecule has 0 aromatic carbocycles. The van der Waals surface area contributed by atoms with Crippen LogP contribution >= 0.6 is 0 Å². The van der Waals surface area contributed by atoms with Crippen molar-refractivity contribution in [1.82, 2.24) is 20.5 Å². The molecule has 130 valence electrons. The van der Waals surface area contributed by atoms with E-state index in [4.69, 9.17) is 0 Å². The Bertz CT molecular complexity index is 610. The van der Waals surface area contributed by atoms with Gasteiger partial charge in [0, 0.05) is 37.8 Å². The van der Waals surface area contributed by atoms with Gasteiger partial charge >= 0.3 is 0 Å². The van der Waals surface area contributed by atoms with Crippen molar-refractivity contribution in [3.8, 4) is 0 Å². The third-order valence-electron chi connectivity index (χ3n) is 3.91. The second-order valence-electron chi connectivity index (χ2n) is 6.84. The second kappa shape index (κ2) is 7.42. The van der Waals surface area contributed by atoms with E-state index < -0.39 is 0 Å². The molecule has 1 fully saturated rings. The van der Waals surface area contributed by atoms with Crippen LogP contribution in [0.25, 0.3) is 0 Å². The summed E-state index contributed by atoms with van der Waals surface area (Å²) in [4.78, 5) is 41.7. The zero-order valence-electron chi connectivity index (χ0n) is 14.3. The predicted octanol–water partition coefficient (Wildman–Crippen LogP) is 0.575. The van der Waals surface area contributed by atoms with Crippen LogP contribution in [0.1, 0.15) is 37.7 Å². The number of amides is 3. The van der Waals surface area contributed by atoms with Crippen molar-refractivity contribution in [3.05, 3.63) is 30.1 Å². The molecule has 0 spiro atoms. The molecule has 0 saturated carbocycles. The first kappa shape index (κ1) is 17.9. The molecule has 2 N–H and O–H groups in total. The van der Waals surface area contributed by atoms with Crippen LogP contribution in [0.4, 0.5) is 0 Å². The fourth-order valence-electron chi connectivity index (χ4n) is 2.63. The zero-order valence-corrected chi connectivity index (χ0v) is 14.3. The van der Waals surface area contributed by atoms with Crippen LogP contribution in [0.5, 0.6) is 0 Å². The van der Waals surface area contributed by atoms with E-state index in [1.54, 1.807) is 29.3 Å². The number of hydrogen-bond donors (Lipinski definition) is 2. The van der Waals surface area contributed by atoms with Gasteiger partial charge in [0.2, 0.25) is 11.8 Å². The summed E-state index contributed by atoms with van der Waals surface area (Å²) in [6.07, 6.45) is 1.79.